The summed E-state index contributed by atoms with van der Waals surface area (Å²) < 4.78 is 37.7. The van der Waals surface area contributed by atoms with Crippen molar-refractivity contribution in [2.24, 2.45) is 4.99 Å². The fourth-order valence-electron chi connectivity index (χ4n) is 3.37. The van der Waals surface area contributed by atoms with E-state index in [0.29, 0.717) is 31.1 Å². The van der Waals surface area contributed by atoms with Gasteiger partial charge in [0, 0.05) is 17.5 Å². The third-order valence-electron chi connectivity index (χ3n) is 4.90. The normalized spacial score (nSPS) is 13.0. The van der Waals surface area contributed by atoms with Crippen LogP contribution in [0.25, 0.3) is 10.9 Å². The maximum atomic E-state index is 13.8. The first kappa shape index (κ1) is 21.0. The van der Waals surface area contributed by atoms with Crippen molar-refractivity contribution in [1.82, 2.24) is 15.0 Å². The lowest BCUT2D eigenvalue weighted by atomic mass is 10.1. The van der Waals surface area contributed by atoms with Gasteiger partial charge in [-0.05, 0) is 48.0 Å². The molecule has 0 saturated heterocycles. The Hall–Kier alpha value is -3.85. The number of nitrogens with one attached hydrogen (secondary N) is 1. The Morgan fingerprint density at radius 2 is 1.91 bits per heavy atom. The number of hydrogen-bond donors (Lipinski definition) is 1. The van der Waals surface area contributed by atoms with Crippen LogP contribution in [0.3, 0.4) is 0 Å². The second-order valence-electron chi connectivity index (χ2n) is 7.17. The summed E-state index contributed by atoms with van der Waals surface area (Å²) in [7, 11) is 0. The zero-order valence-corrected chi connectivity index (χ0v) is 17.8. The SMILES string of the molecule is Fc1ccc(Oc2ccc(Nc3ncnc4ccc(CC5=NCCO5)cc34)cc2Cl)c(F)n1. The molecule has 0 unspecified atom stereocenters. The van der Waals surface area contributed by atoms with E-state index < -0.39 is 11.9 Å². The molecule has 3 heterocycles. The lowest BCUT2D eigenvalue weighted by Gasteiger charge is -2.12. The van der Waals surface area contributed by atoms with Crippen LogP contribution in [0, 0.1) is 11.9 Å². The van der Waals surface area contributed by atoms with Gasteiger partial charge in [-0.25, -0.2) is 9.97 Å². The van der Waals surface area contributed by atoms with Crippen LogP contribution in [0.5, 0.6) is 11.5 Å². The Bertz CT molecular complexity index is 1380. The average molecular weight is 468 g/mol. The van der Waals surface area contributed by atoms with Gasteiger partial charge in [0.1, 0.15) is 24.5 Å². The summed E-state index contributed by atoms with van der Waals surface area (Å²) in [5.41, 5.74) is 2.44. The fraction of sp³-hybridized carbons (Fsp3) is 0.130. The van der Waals surface area contributed by atoms with Crippen molar-refractivity contribution in [3.8, 4) is 11.5 Å². The van der Waals surface area contributed by atoms with E-state index in [9.17, 15) is 8.78 Å². The van der Waals surface area contributed by atoms with E-state index in [2.05, 4.69) is 25.3 Å². The van der Waals surface area contributed by atoms with Crippen molar-refractivity contribution in [1.29, 1.82) is 0 Å². The molecule has 2 aromatic carbocycles. The summed E-state index contributed by atoms with van der Waals surface area (Å²) in [6.07, 6.45) is 2.06. The van der Waals surface area contributed by atoms with Crippen LogP contribution >= 0.6 is 11.6 Å². The van der Waals surface area contributed by atoms with Crippen molar-refractivity contribution in [3.63, 3.8) is 0 Å². The highest BCUT2D eigenvalue weighted by Gasteiger charge is 2.13. The fourth-order valence-corrected chi connectivity index (χ4v) is 3.59. The Labute approximate surface area is 192 Å². The van der Waals surface area contributed by atoms with Crippen LogP contribution in [-0.2, 0) is 11.2 Å². The molecule has 0 aliphatic carbocycles. The highest BCUT2D eigenvalue weighted by atomic mass is 35.5. The van der Waals surface area contributed by atoms with Crippen molar-refractivity contribution in [3.05, 3.63) is 77.3 Å². The molecular formula is C23H16ClF2N5O2. The predicted molar refractivity (Wildman–Crippen MR) is 120 cm³/mol. The van der Waals surface area contributed by atoms with Crippen molar-refractivity contribution in [2.75, 3.05) is 18.5 Å². The van der Waals surface area contributed by atoms with Crippen molar-refractivity contribution >= 4 is 39.9 Å². The van der Waals surface area contributed by atoms with Crippen LogP contribution in [0.15, 0.2) is 59.9 Å². The average Bonchev–Trinajstić information content (AvgIpc) is 3.31. The van der Waals surface area contributed by atoms with Crippen LogP contribution < -0.4 is 10.1 Å². The number of rotatable bonds is 6. The molecule has 10 heteroatoms. The van der Waals surface area contributed by atoms with Gasteiger partial charge >= 0.3 is 0 Å². The van der Waals surface area contributed by atoms with Gasteiger partial charge in [0.15, 0.2) is 11.6 Å². The minimum atomic E-state index is -1.06. The molecule has 1 N–H and O–H groups in total. The van der Waals surface area contributed by atoms with E-state index in [0.717, 1.165) is 34.5 Å². The third-order valence-corrected chi connectivity index (χ3v) is 5.19. The van der Waals surface area contributed by atoms with Crippen LogP contribution in [-0.4, -0.2) is 34.0 Å². The molecule has 1 aliphatic heterocycles. The third kappa shape index (κ3) is 4.68. The molecule has 0 atom stereocenters. The first-order chi connectivity index (χ1) is 16.0. The van der Waals surface area contributed by atoms with Crippen LogP contribution in [0.2, 0.25) is 5.02 Å². The van der Waals surface area contributed by atoms with Gasteiger partial charge in [-0.15, -0.1) is 0 Å². The molecule has 7 nitrogen and oxygen atoms in total. The van der Waals surface area contributed by atoms with E-state index in [1.807, 2.05) is 18.2 Å². The summed E-state index contributed by atoms with van der Waals surface area (Å²) >= 11 is 6.33. The molecule has 0 spiro atoms. The quantitative estimate of drug-likeness (QED) is 0.379. The Kier molecular flexibility index (Phi) is 5.70. The molecule has 166 valence electrons. The molecule has 2 aromatic heterocycles. The first-order valence-electron chi connectivity index (χ1n) is 10.0. The van der Waals surface area contributed by atoms with E-state index in [1.165, 1.54) is 6.33 Å². The Morgan fingerprint density at radius 1 is 1.03 bits per heavy atom. The largest absolute Gasteiger partial charge is 0.479 e. The second-order valence-corrected chi connectivity index (χ2v) is 7.58. The zero-order valence-electron chi connectivity index (χ0n) is 17.1. The van der Waals surface area contributed by atoms with Crippen LogP contribution in [0.4, 0.5) is 20.3 Å². The summed E-state index contributed by atoms with van der Waals surface area (Å²) in [5, 5.41) is 4.27. The van der Waals surface area contributed by atoms with Gasteiger partial charge in [-0.2, -0.15) is 13.8 Å². The van der Waals surface area contributed by atoms with E-state index in [1.54, 1.807) is 18.2 Å². The number of hydrogen-bond acceptors (Lipinski definition) is 7. The summed E-state index contributed by atoms with van der Waals surface area (Å²) in [5.74, 6) is -0.726. The number of benzene rings is 2. The van der Waals surface area contributed by atoms with Gasteiger partial charge in [0.05, 0.1) is 17.1 Å². The highest BCUT2D eigenvalue weighted by molar-refractivity contribution is 6.32. The van der Waals surface area contributed by atoms with Crippen molar-refractivity contribution in [2.45, 2.75) is 6.42 Å². The molecule has 0 saturated carbocycles. The van der Waals surface area contributed by atoms with Gasteiger partial charge in [0.25, 0.3) is 5.95 Å². The lowest BCUT2D eigenvalue weighted by Crippen LogP contribution is -2.03. The van der Waals surface area contributed by atoms with Gasteiger partial charge in [0.2, 0.25) is 5.95 Å². The summed E-state index contributed by atoms with van der Waals surface area (Å²) in [6, 6.07) is 12.9. The molecule has 33 heavy (non-hydrogen) atoms. The number of nitrogens with zero attached hydrogens (tertiary/aromatic N) is 4. The maximum Gasteiger partial charge on any atom is 0.258 e. The first-order valence-corrected chi connectivity index (χ1v) is 10.4. The minimum absolute atomic E-state index is 0.196. The topological polar surface area (TPSA) is 81.5 Å². The second kappa shape index (κ2) is 8.95. The van der Waals surface area contributed by atoms with E-state index in [4.69, 9.17) is 21.1 Å². The number of aromatic nitrogens is 3. The molecule has 0 radical (unpaired) electrons. The minimum Gasteiger partial charge on any atom is -0.479 e. The number of fused-ring (bicyclic) bond motifs is 1. The van der Waals surface area contributed by atoms with Gasteiger partial charge in [-0.1, -0.05) is 17.7 Å². The van der Waals surface area contributed by atoms with E-state index >= 15 is 0 Å². The molecule has 0 bridgehead atoms. The zero-order chi connectivity index (χ0) is 22.8. The Balaban J connectivity index is 1.39. The van der Waals surface area contributed by atoms with Crippen molar-refractivity contribution < 1.29 is 18.3 Å². The maximum absolute atomic E-state index is 13.8. The van der Waals surface area contributed by atoms with Gasteiger partial charge < -0.3 is 14.8 Å². The summed E-state index contributed by atoms with van der Waals surface area (Å²) in [4.78, 5) is 16.1. The summed E-state index contributed by atoms with van der Waals surface area (Å²) in [6.45, 7) is 1.30. The van der Waals surface area contributed by atoms with E-state index in [-0.39, 0.29) is 16.5 Å². The number of aliphatic imine (C=N–C) groups is 1. The van der Waals surface area contributed by atoms with Gasteiger partial charge in [-0.3, -0.25) is 4.99 Å². The monoisotopic (exact) mass is 467 g/mol. The Morgan fingerprint density at radius 3 is 2.70 bits per heavy atom. The molecular weight excluding hydrogens is 452 g/mol. The van der Waals surface area contributed by atoms with Crippen LogP contribution in [0.1, 0.15) is 5.56 Å². The number of pyridine rings is 1. The standard InChI is InChI=1S/C23H16ClF2N5O2/c24-16-11-14(2-4-18(16)33-19-5-6-20(25)31-22(19)26)30-23-15-9-13(10-21-27-7-8-32-21)1-3-17(15)28-12-29-23/h1-6,9,11-12H,7-8,10H2,(H,28,29,30). The molecule has 5 rings (SSSR count). The lowest BCUT2D eigenvalue weighted by molar-refractivity contribution is 0.341. The smallest absolute Gasteiger partial charge is 0.258 e. The molecule has 0 amide bonds. The molecule has 1 aliphatic rings. The molecule has 4 aromatic rings. The molecule has 0 fully saturated rings. The predicted octanol–water partition coefficient (Wildman–Crippen LogP) is 5.46. The number of anilines is 2. The highest BCUT2D eigenvalue weighted by Crippen LogP contribution is 2.34. The number of halogens is 3. The number of ether oxygens (including phenoxy) is 2.